The van der Waals surface area contributed by atoms with Crippen molar-refractivity contribution >= 4 is 22.3 Å². The number of nitrogens with one attached hydrogen (secondary N) is 1. The maximum atomic E-state index is 12.2. The van der Waals surface area contributed by atoms with Gasteiger partial charge in [0.2, 0.25) is 0 Å². The molecule has 0 radical (unpaired) electrons. The number of aromatic nitrogens is 1. The first-order valence-corrected chi connectivity index (χ1v) is 6.74. The van der Waals surface area contributed by atoms with Crippen LogP contribution in [0.1, 0.15) is 5.56 Å². The van der Waals surface area contributed by atoms with Crippen LogP contribution in [0.25, 0.3) is 10.9 Å². The average Bonchev–Trinajstić information content (AvgIpc) is 2.53. The lowest BCUT2D eigenvalue weighted by Gasteiger charge is -2.19. The summed E-state index contributed by atoms with van der Waals surface area (Å²) in [6.45, 7) is 0.0144. The molecular formula is C17H16N2O2. The smallest absolute Gasteiger partial charge is 0.272 e. The molecule has 0 bridgehead atoms. The number of hydrogen-bond acceptors (Lipinski definition) is 3. The first-order chi connectivity index (χ1) is 10.2. The van der Waals surface area contributed by atoms with Crippen molar-refractivity contribution in [3.05, 3.63) is 70.5 Å². The second-order valence-electron chi connectivity index (χ2n) is 4.95. The Morgan fingerprint density at radius 2 is 1.81 bits per heavy atom. The number of benzene rings is 2. The molecule has 0 saturated heterocycles. The number of aliphatic hydroxyl groups is 1. The number of para-hydroxylation sites is 1. The summed E-state index contributed by atoms with van der Waals surface area (Å²) in [5.74, 6) is 0. The van der Waals surface area contributed by atoms with Gasteiger partial charge in [-0.05, 0) is 29.8 Å². The standard InChI is InChI=1S/C17H16N2O2/c1-19(14-8-6-12(11-20)7-9-14)16-10-13-4-2-3-5-15(13)18-17(16)21/h2-10,20H,11H2,1H3,(H,18,21). The van der Waals surface area contributed by atoms with E-state index < -0.39 is 0 Å². The van der Waals surface area contributed by atoms with Gasteiger partial charge in [0.25, 0.3) is 5.56 Å². The Labute approximate surface area is 122 Å². The molecule has 0 aliphatic heterocycles. The Morgan fingerprint density at radius 1 is 1.10 bits per heavy atom. The molecule has 0 amide bonds. The molecule has 2 aromatic carbocycles. The molecule has 0 spiro atoms. The predicted molar refractivity (Wildman–Crippen MR) is 85.0 cm³/mol. The molecule has 0 aliphatic carbocycles. The van der Waals surface area contributed by atoms with Crippen LogP contribution in [0.15, 0.2) is 59.4 Å². The van der Waals surface area contributed by atoms with Gasteiger partial charge >= 0.3 is 0 Å². The molecule has 4 heteroatoms. The van der Waals surface area contributed by atoms with Crippen LogP contribution in [-0.2, 0) is 6.61 Å². The molecule has 21 heavy (non-hydrogen) atoms. The molecule has 0 saturated carbocycles. The highest BCUT2D eigenvalue weighted by atomic mass is 16.3. The third kappa shape index (κ3) is 2.53. The molecular weight excluding hydrogens is 264 g/mol. The second-order valence-corrected chi connectivity index (χ2v) is 4.95. The maximum Gasteiger partial charge on any atom is 0.272 e. The van der Waals surface area contributed by atoms with Crippen LogP contribution in [0, 0.1) is 0 Å². The zero-order chi connectivity index (χ0) is 14.8. The molecule has 0 aliphatic rings. The lowest BCUT2D eigenvalue weighted by Crippen LogP contribution is -2.20. The molecule has 1 aromatic heterocycles. The quantitative estimate of drug-likeness (QED) is 0.775. The number of nitrogens with zero attached hydrogens (tertiary/aromatic N) is 1. The first kappa shape index (κ1) is 13.4. The summed E-state index contributed by atoms with van der Waals surface area (Å²) < 4.78 is 0. The molecule has 1 heterocycles. The summed E-state index contributed by atoms with van der Waals surface area (Å²) in [5.41, 5.74) is 3.04. The summed E-state index contributed by atoms with van der Waals surface area (Å²) in [4.78, 5) is 17.0. The summed E-state index contributed by atoms with van der Waals surface area (Å²) in [6, 6.07) is 17.1. The number of pyridine rings is 1. The Kier molecular flexibility index (Phi) is 3.46. The van der Waals surface area contributed by atoms with Crippen molar-refractivity contribution in [3.63, 3.8) is 0 Å². The Morgan fingerprint density at radius 3 is 2.52 bits per heavy atom. The minimum Gasteiger partial charge on any atom is -0.392 e. The van der Waals surface area contributed by atoms with Crippen molar-refractivity contribution in [3.8, 4) is 0 Å². The molecule has 2 N–H and O–H groups in total. The van der Waals surface area contributed by atoms with E-state index in [0.717, 1.165) is 22.2 Å². The van der Waals surface area contributed by atoms with Crippen LogP contribution in [0.2, 0.25) is 0 Å². The average molecular weight is 280 g/mol. The van der Waals surface area contributed by atoms with Gasteiger partial charge in [-0.15, -0.1) is 0 Å². The van der Waals surface area contributed by atoms with Gasteiger partial charge in [0.15, 0.2) is 0 Å². The minimum atomic E-state index is -0.123. The summed E-state index contributed by atoms with van der Waals surface area (Å²) in [6.07, 6.45) is 0. The van der Waals surface area contributed by atoms with Gasteiger partial charge in [-0.25, -0.2) is 0 Å². The van der Waals surface area contributed by atoms with E-state index in [2.05, 4.69) is 4.98 Å². The molecule has 3 aromatic rings. The topological polar surface area (TPSA) is 56.3 Å². The monoisotopic (exact) mass is 280 g/mol. The Balaban J connectivity index is 2.05. The van der Waals surface area contributed by atoms with E-state index in [0.29, 0.717) is 5.69 Å². The SMILES string of the molecule is CN(c1ccc(CO)cc1)c1cc2ccccc2[nH]c1=O. The molecule has 0 fully saturated rings. The zero-order valence-corrected chi connectivity index (χ0v) is 11.7. The van der Waals surface area contributed by atoms with Crippen molar-refractivity contribution in [2.24, 2.45) is 0 Å². The van der Waals surface area contributed by atoms with Crippen LogP contribution in [0.3, 0.4) is 0 Å². The fourth-order valence-corrected chi connectivity index (χ4v) is 2.35. The number of fused-ring (bicyclic) bond motifs is 1. The molecule has 3 rings (SSSR count). The second kappa shape index (κ2) is 5.42. The fourth-order valence-electron chi connectivity index (χ4n) is 2.35. The van der Waals surface area contributed by atoms with E-state index in [1.165, 1.54) is 0 Å². The number of rotatable bonds is 3. The summed E-state index contributed by atoms with van der Waals surface area (Å²) in [5, 5.41) is 10.1. The lowest BCUT2D eigenvalue weighted by atomic mass is 10.1. The van der Waals surface area contributed by atoms with E-state index in [-0.39, 0.29) is 12.2 Å². The number of aliphatic hydroxyl groups excluding tert-OH is 1. The van der Waals surface area contributed by atoms with Gasteiger partial charge in [-0.2, -0.15) is 0 Å². The minimum absolute atomic E-state index is 0.0144. The Hall–Kier alpha value is -2.59. The van der Waals surface area contributed by atoms with E-state index in [4.69, 9.17) is 5.11 Å². The highest BCUT2D eigenvalue weighted by Crippen LogP contribution is 2.23. The normalized spacial score (nSPS) is 10.8. The summed E-state index contributed by atoms with van der Waals surface area (Å²) in [7, 11) is 1.85. The lowest BCUT2D eigenvalue weighted by molar-refractivity contribution is 0.282. The van der Waals surface area contributed by atoms with E-state index in [1.54, 1.807) is 0 Å². The Bertz CT molecular complexity index is 822. The predicted octanol–water partition coefficient (Wildman–Crippen LogP) is 2.79. The van der Waals surface area contributed by atoms with Crippen molar-refractivity contribution in [2.45, 2.75) is 6.61 Å². The van der Waals surface area contributed by atoms with Gasteiger partial charge in [-0.3, -0.25) is 4.79 Å². The van der Waals surface area contributed by atoms with Crippen LogP contribution >= 0.6 is 0 Å². The van der Waals surface area contributed by atoms with Crippen LogP contribution in [-0.4, -0.2) is 17.1 Å². The molecule has 0 atom stereocenters. The van der Waals surface area contributed by atoms with Crippen LogP contribution in [0.5, 0.6) is 0 Å². The highest BCUT2D eigenvalue weighted by Gasteiger charge is 2.09. The molecule has 106 valence electrons. The van der Waals surface area contributed by atoms with E-state index >= 15 is 0 Å². The van der Waals surface area contributed by atoms with Gasteiger partial charge < -0.3 is 15.0 Å². The largest absolute Gasteiger partial charge is 0.392 e. The van der Waals surface area contributed by atoms with E-state index in [1.807, 2.05) is 66.5 Å². The summed E-state index contributed by atoms with van der Waals surface area (Å²) >= 11 is 0. The van der Waals surface area contributed by atoms with Gasteiger partial charge in [0.05, 0.1) is 6.61 Å². The van der Waals surface area contributed by atoms with Crippen LogP contribution < -0.4 is 10.5 Å². The van der Waals surface area contributed by atoms with Crippen molar-refractivity contribution in [1.29, 1.82) is 0 Å². The third-order valence-corrected chi connectivity index (χ3v) is 3.60. The highest BCUT2D eigenvalue weighted by molar-refractivity contribution is 5.82. The third-order valence-electron chi connectivity index (χ3n) is 3.60. The maximum absolute atomic E-state index is 12.2. The van der Waals surface area contributed by atoms with Gasteiger partial charge in [0, 0.05) is 23.6 Å². The molecule has 0 unspecified atom stereocenters. The van der Waals surface area contributed by atoms with Gasteiger partial charge in [0.1, 0.15) is 5.69 Å². The van der Waals surface area contributed by atoms with Crippen LogP contribution in [0.4, 0.5) is 11.4 Å². The van der Waals surface area contributed by atoms with Crippen molar-refractivity contribution in [1.82, 2.24) is 4.98 Å². The number of H-pyrrole nitrogens is 1. The first-order valence-electron chi connectivity index (χ1n) is 6.74. The van der Waals surface area contributed by atoms with Crippen molar-refractivity contribution < 1.29 is 5.11 Å². The van der Waals surface area contributed by atoms with Crippen molar-refractivity contribution in [2.75, 3.05) is 11.9 Å². The van der Waals surface area contributed by atoms with E-state index in [9.17, 15) is 4.79 Å². The zero-order valence-electron chi connectivity index (χ0n) is 11.7. The number of anilines is 2. The molecule has 4 nitrogen and oxygen atoms in total. The number of aromatic amines is 1. The fraction of sp³-hybridized carbons (Fsp3) is 0.118. The number of hydrogen-bond donors (Lipinski definition) is 2. The van der Waals surface area contributed by atoms with Gasteiger partial charge in [-0.1, -0.05) is 30.3 Å².